The fraction of sp³-hybridized carbons (Fsp3) is 0.182. The summed E-state index contributed by atoms with van der Waals surface area (Å²) < 4.78 is 18.6. The Bertz CT molecular complexity index is 981. The number of nitrogens with zero attached hydrogens (tertiary/aromatic N) is 1. The molecule has 7 heteroatoms. The Morgan fingerprint density at radius 1 is 0.966 bits per heavy atom. The Morgan fingerprint density at radius 3 is 2.31 bits per heavy atom. The number of hydrogen-bond donors (Lipinski definition) is 2. The van der Waals surface area contributed by atoms with Crippen LogP contribution in [0, 0.1) is 5.82 Å². The van der Waals surface area contributed by atoms with Crippen molar-refractivity contribution in [3.8, 4) is 0 Å². The Kier molecular flexibility index (Phi) is 6.29. The highest BCUT2D eigenvalue weighted by Crippen LogP contribution is 2.22. The van der Waals surface area contributed by atoms with Gasteiger partial charge in [-0.25, -0.2) is 4.39 Å². The Hall–Kier alpha value is -3.61. The number of carbonyl (C=O) groups excluding carboxylic acids is 2. The minimum Gasteiger partial charge on any atom is -0.472 e. The van der Waals surface area contributed by atoms with Crippen molar-refractivity contribution in [1.82, 2.24) is 0 Å². The van der Waals surface area contributed by atoms with Gasteiger partial charge in [0.15, 0.2) is 0 Å². The molecule has 2 aromatic carbocycles. The molecule has 0 aliphatic rings. The van der Waals surface area contributed by atoms with Gasteiger partial charge in [0.1, 0.15) is 12.1 Å². The van der Waals surface area contributed by atoms with Gasteiger partial charge in [-0.15, -0.1) is 0 Å². The molecule has 1 heterocycles. The average molecular weight is 395 g/mol. The third kappa shape index (κ3) is 4.82. The lowest BCUT2D eigenvalue weighted by Gasteiger charge is -2.21. The molecule has 150 valence electrons. The van der Waals surface area contributed by atoms with E-state index in [1.165, 1.54) is 30.7 Å². The lowest BCUT2D eigenvalue weighted by atomic mass is 10.1. The van der Waals surface area contributed by atoms with Crippen LogP contribution in [-0.2, 0) is 0 Å². The van der Waals surface area contributed by atoms with Gasteiger partial charge in [-0.05, 0) is 62.4 Å². The molecule has 0 radical (unpaired) electrons. The van der Waals surface area contributed by atoms with Crippen LogP contribution in [0.4, 0.5) is 21.5 Å². The van der Waals surface area contributed by atoms with E-state index in [0.29, 0.717) is 5.69 Å². The lowest BCUT2D eigenvalue weighted by molar-refractivity contribution is 0.102. The van der Waals surface area contributed by atoms with E-state index in [2.05, 4.69) is 29.4 Å². The summed E-state index contributed by atoms with van der Waals surface area (Å²) in [4.78, 5) is 27.2. The lowest BCUT2D eigenvalue weighted by Crippen LogP contribution is -2.21. The second-order valence-electron chi connectivity index (χ2n) is 6.33. The second kappa shape index (κ2) is 9.05. The zero-order chi connectivity index (χ0) is 20.8. The van der Waals surface area contributed by atoms with Gasteiger partial charge < -0.3 is 20.0 Å². The topological polar surface area (TPSA) is 74.6 Å². The molecule has 6 nitrogen and oxygen atoms in total. The minimum absolute atomic E-state index is 0.0773. The summed E-state index contributed by atoms with van der Waals surface area (Å²) in [7, 11) is 0. The molecular formula is C22H22FN3O3. The van der Waals surface area contributed by atoms with E-state index in [9.17, 15) is 14.0 Å². The summed E-state index contributed by atoms with van der Waals surface area (Å²) in [5.41, 5.74) is 2.15. The second-order valence-corrected chi connectivity index (χ2v) is 6.33. The largest absolute Gasteiger partial charge is 0.472 e. The molecule has 2 amide bonds. The Labute approximate surface area is 168 Å². The van der Waals surface area contributed by atoms with Crippen molar-refractivity contribution < 1.29 is 18.4 Å². The van der Waals surface area contributed by atoms with Crippen LogP contribution in [0.3, 0.4) is 0 Å². The summed E-state index contributed by atoms with van der Waals surface area (Å²) in [6.45, 7) is 5.93. The maximum atomic E-state index is 13.7. The van der Waals surface area contributed by atoms with E-state index in [-0.39, 0.29) is 16.8 Å². The predicted molar refractivity (Wildman–Crippen MR) is 111 cm³/mol. The van der Waals surface area contributed by atoms with E-state index < -0.39 is 17.6 Å². The summed E-state index contributed by atoms with van der Waals surface area (Å²) >= 11 is 0. The number of benzene rings is 2. The smallest absolute Gasteiger partial charge is 0.258 e. The van der Waals surface area contributed by atoms with Gasteiger partial charge in [-0.3, -0.25) is 9.59 Å². The highest BCUT2D eigenvalue weighted by Gasteiger charge is 2.16. The molecular weight excluding hydrogens is 373 g/mol. The standard InChI is InChI=1S/C22H22FN3O3/c1-3-26(4-2)18-8-6-17(7-9-18)24-22(28)19-10-5-16(23)13-20(19)25-21(27)15-11-12-29-14-15/h5-14H,3-4H2,1-2H3,(H,24,28)(H,25,27). The third-order valence-electron chi connectivity index (χ3n) is 4.51. The maximum absolute atomic E-state index is 13.7. The number of nitrogens with one attached hydrogen (secondary N) is 2. The molecule has 0 fully saturated rings. The average Bonchev–Trinajstić information content (AvgIpc) is 3.25. The van der Waals surface area contributed by atoms with Gasteiger partial charge in [0.2, 0.25) is 0 Å². The van der Waals surface area contributed by atoms with Crippen LogP contribution in [0.5, 0.6) is 0 Å². The molecule has 0 bridgehead atoms. The molecule has 3 aromatic rings. The maximum Gasteiger partial charge on any atom is 0.258 e. The first-order valence-corrected chi connectivity index (χ1v) is 9.31. The van der Waals surface area contributed by atoms with Gasteiger partial charge in [-0.2, -0.15) is 0 Å². The van der Waals surface area contributed by atoms with E-state index in [1.807, 2.05) is 12.1 Å². The quantitative estimate of drug-likeness (QED) is 0.604. The van der Waals surface area contributed by atoms with Crippen molar-refractivity contribution in [2.24, 2.45) is 0 Å². The minimum atomic E-state index is -0.562. The first-order valence-electron chi connectivity index (χ1n) is 9.31. The summed E-state index contributed by atoms with van der Waals surface area (Å²) in [6, 6.07) is 12.6. The van der Waals surface area contributed by atoms with Crippen LogP contribution in [0.15, 0.2) is 65.5 Å². The monoisotopic (exact) mass is 395 g/mol. The van der Waals surface area contributed by atoms with Crippen molar-refractivity contribution in [1.29, 1.82) is 0 Å². The first-order chi connectivity index (χ1) is 14.0. The molecule has 2 N–H and O–H groups in total. The van der Waals surface area contributed by atoms with Crippen LogP contribution < -0.4 is 15.5 Å². The van der Waals surface area contributed by atoms with E-state index >= 15 is 0 Å². The third-order valence-corrected chi connectivity index (χ3v) is 4.51. The molecule has 0 atom stereocenters. The molecule has 0 saturated heterocycles. The molecule has 0 unspecified atom stereocenters. The molecule has 0 aliphatic heterocycles. The normalized spacial score (nSPS) is 10.4. The number of halogens is 1. The van der Waals surface area contributed by atoms with Gasteiger partial charge in [0, 0.05) is 24.5 Å². The van der Waals surface area contributed by atoms with Crippen molar-refractivity contribution >= 4 is 28.9 Å². The molecule has 0 spiro atoms. The van der Waals surface area contributed by atoms with E-state index in [0.717, 1.165) is 24.8 Å². The number of rotatable bonds is 7. The molecule has 0 saturated carbocycles. The van der Waals surface area contributed by atoms with Crippen LogP contribution in [-0.4, -0.2) is 24.9 Å². The van der Waals surface area contributed by atoms with Gasteiger partial charge in [0.05, 0.1) is 23.1 Å². The summed E-state index contributed by atoms with van der Waals surface area (Å²) in [5, 5.41) is 5.33. The fourth-order valence-electron chi connectivity index (χ4n) is 2.95. The zero-order valence-electron chi connectivity index (χ0n) is 16.2. The van der Waals surface area contributed by atoms with Crippen molar-refractivity contribution in [3.63, 3.8) is 0 Å². The number of amides is 2. The Balaban J connectivity index is 1.77. The molecule has 29 heavy (non-hydrogen) atoms. The van der Waals surface area contributed by atoms with Crippen molar-refractivity contribution in [2.45, 2.75) is 13.8 Å². The Morgan fingerprint density at radius 2 is 1.69 bits per heavy atom. The SMILES string of the molecule is CCN(CC)c1ccc(NC(=O)c2ccc(F)cc2NC(=O)c2ccoc2)cc1. The van der Waals surface area contributed by atoms with Crippen molar-refractivity contribution in [3.05, 3.63) is 78.0 Å². The fourth-order valence-corrected chi connectivity index (χ4v) is 2.95. The number of carbonyl (C=O) groups is 2. The number of furan rings is 1. The van der Waals surface area contributed by atoms with Crippen LogP contribution in [0.25, 0.3) is 0 Å². The first kappa shape index (κ1) is 20.1. The number of hydrogen-bond acceptors (Lipinski definition) is 4. The van der Waals surface area contributed by atoms with Crippen molar-refractivity contribution in [2.75, 3.05) is 28.6 Å². The molecule has 0 aliphatic carbocycles. The highest BCUT2D eigenvalue weighted by molar-refractivity contribution is 6.12. The zero-order valence-corrected chi connectivity index (χ0v) is 16.2. The van der Waals surface area contributed by atoms with Crippen LogP contribution >= 0.6 is 0 Å². The van der Waals surface area contributed by atoms with Crippen LogP contribution in [0.2, 0.25) is 0 Å². The van der Waals surface area contributed by atoms with E-state index in [1.54, 1.807) is 12.1 Å². The summed E-state index contributed by atoms with van der Waals surface area (Å²) in [5.74, 6) is -1.52. The van der Waals surface area contributed by atoms with Gasteiger partial charge >= 0.3 is 0 Å². The van der Waals surface area contributed by atoms with Gasteiger partial charge in [-0.1, -0.05) is 0 Å². The van der Waals surface area contributed by atoms with E-state index in [4.69, 9.17) is 4.42 Å². The van der Waals surface area contributed by atoms with Crippen LogP contribution in [0.1, 0.15) is 34.6 Å². The van der Waals surface area contributed by atoms with Gasteiger partial charge in [0.25, 0.3) is 11.8 Å². The highest BCUT2D eigenvalue weighted by atomic mass is 19.1. The molecule has 1 aromatic heterocycles. The number of anilines is 3. The molecule has 3 rings (SSSR count). The summed E-state index contributed by atoms with van der Waals surface area (Å²) in [6.07, 6.45) is 2.63. The predicted octanol–water partition coefficient (Wildman–Crippen LogP) is 4.77.